The molecule has 39 heavy (non-hydrogen) atoms. The van der Waals surface area contributed by atoms with E-state index < -0.39 is 12.0 Å². The molecular formula is C31H27ClN2O4S. The molecule has 0 aliphatic carbocycles. The monoisotopic (exact) mass is 558 g/mol. The molecule has 198 valence electrons. The van der Waals surface area contributed by atoms with Crippen LogP contribution in [0, 0.1) is 0 Å². The van der Waals surface area contributed by atoms with E-state index in [1.165, 1.54) is 17.4 Å². The molecule has 0 saturated heterocycles. The Morgan fingerprint density at radius 2 is 1.85 bits per heavy atom. The van der Waals surface area contributed by atoms with Crippen molar-refractivity contribution >= 4 is 40.7 Å². The van der Waals surface area contributed by atoms with E-state index in [1.807, 2.05) is 54.6 Å². The molecule has 0 fully saturated rings. The first-order chi connectivity index (χ1) is 18.8. The molecule has 3 aromatic carbocycles. The van der Waals surface area contributed by atoms with Crippen molar-refractivity contribution in [2.45, 2.75) is 32.7 Å². The van der Waals surface area contributed by atoms with Gasteiger partial charge in [-0.15, -0.1) is 0 Å². The van der Waals surface area contributed by atoms with E-state index in [2.05, 4.69) is 13.8 Å². The van der Waals surface area contributed by atoms with Crippen LogP contribution < -0.4 is 14.9 Å². The van der Waals surface area contributed by atoms with Gasteiger partial charge in [-0.2, -0.15) is 0 Å². The smallest absolute Gasteiger partial charge is 0.338 e. The van der Waals surface area contributed by atoms with Crippen molar-refractivity contribution in [3.63, 3.8) is 0 Å². The molecule has 2 heterocycles. The Kier molecular flexibility index (Phi) is 7.55. The third-order valence-electron chi connectivity index (χ3n) is 6.57. The number of thiazole rings is 1. The maximum Gasteiger partial charge on any atom is 0.338 e. The fourth-order valence-electron chi connectivity index (χ4n) is 4.60. The molecular weight excluding hydrogens is 532 g/mol. The van der Waals surface area contributed by atoms with E-state index in [0.29, 0.717) is 37.1 Å². The highest BCUT2D eigenvalue weighted by molar-refractivity contribution is 7.07. The lowest BCUT2D eigenvalue weighted by molar-refractivity contribution is -0.138. The summed E-state index contributed by atoms with van der Waals surface area (Å²) in [6.07, 6.45) is 1.60. The van der Waals surface area contributed by atoms with Gasteiger partial charge in [-0.3, -0.25) is 9.36 Å². The van der Waals surface area contributed by atoms with Gasteiger partial charge in [0.1, 0.15) is 5.75 Å². The van der Waals surface area contributed by atoms with Crippen molar-refractivity contribution in [2.75, 3.05) is 6.61 Å². The van der Waals surface area contributed by atoms with Crippen LogP contribution in [-0.4, -0.2) is 22.2 Å². The first-order valence-electron chi connectivity index (χ1n) is 12.6. The highest BCUT2D eigenvalue weighted by Gasteiger charge is 2.35. The zero-order valence-electron chi connectivity index (χ0n) is 21.7. The SMILES string of the molecule is CCOC(=O)C1=C(c2ccccc2)N=c2s/c(=C\c3cc(Cl)ccc3O)c(=O)n2[C@@H]1c1ccc(C(C)C)cc1. The maximum atomic E-state index is 13.9. The first-order valence-corrected chi connectivity index (χ1v) is 13.8. The van der Waals surface area contributed by atoms with Gasteiger partial charge in [-0.05, 0) is 48.2 Å². The van der Waals surface area contributed by atoms with Gasteiger partial charge in [0.15, 0.2) is 4.80 Å². The van der Waals surface area contributed by atoms with E-state index in [-0.39, 0.29) is 17.9 Å². The summed E-state index contributed by atoms with van der Waals surface area (Å²) in [4.78, 5) is 32.7. The van der Waals surface area contributed by atoms with Crippen molar-refractivity contribution in [1.82, 2.24) is 4.57 Å². The number of phenolic OH excluding ortho intramolecular Hbond substituents is 1. The molecule has 4 aromatic rings. The van der Waals surface area contributed by atoms with Crippen LogP contribution in [0.3, 0.4) is 0 Å². The lowest BCUT2D eigenvalue weighted by Gasteiger charge is -2.26. The summed E-state index contributed by atoms with van der Waals surface area (Å²) >= 11 is 7.34. The van der Waals surface area contributed by atoms with Crippen LogP contribution in [0.25, 0.3) is 11.8 Å². The van der Waals surface area contributed by atoms with Gasteiger partial charge in [0.2, 0.25) is 0 Å². The average Bonchev–Trinajstić information content (AvgIpc) is 3.24. The standard InChI is InChI=1S/C31H27ClN2O4S/c1-4-38-30(37)26-27(20-8-6-5-7-9-20)33-31-34(28(26)21-12-10-19(11-13-21)18(2)3)29(36)25(39-31)17-22-16-23(32)14-15-24(22)35/h5-18,28,35H,4H2,1-3H3/b25-17-/t28-/m1/s1. The summed E-state index contributed by atoms with van der Waals surface area (Å²) in [7, 11) is 0. The van der Waals surface area contributed by atoms with Gasteiger partial charge >= 0.3 is 5.97 Å². The van der Waals surface area contributed by atoms with Gasteiger partial charge in [0, 0.05) is 16.1 Å². The largest absolute Gasteiger partial charge is 0.507 e. The van der Waals surface area contributed by atoms with Crippen molar-refractivity contribution in [2.24, 2.45) is 4.99 Å². The molecule has 6 nitrogen and oxygen atoms in total. The number of carbonyl (C=O) groups is 1. The van der Waals surface area contributed by atoms with E-state index in [4.69, 9.17) is 21.3 Å². The number of carbonyl (C=O) groups excluding carboxylic acids is 1. The Morgan fingerprint density at radius 1 is 1.13 bits per heavy atom. The molecule has 5 rings (SSSR count). The minimum absolute atomic E-state index is 0.00301. The van der Waals surface area contributed by atoms with Gasteiger partial charge in [-0.25, -0.2) is 9.79 Å². The number of hydrogen-bond donors (Lipinski definition) is 1. The highest BCUT2D eigenvalue weighted by Crippen LogP contribution is 2.35. The van der Waals surface area contributed by atoms with Crippen molar-refractivity contribution < 1.29 is 14.6 Å². The van der Waals surface area contributed by atoms with Crippen molar-refractivity contribution in [1.29, 1.82) is 0 Å². The third-order valence-corrected chi connectivity index (χ3v) is 7.79. The fraction of sp³-hybridized carbons (Fsp3) is 0.194. The Labute approximate surface area is 234 Å². The van der Waals surface area contributed by atoms with Crippen LogP contribution in [0.1, 0.15) is 55.0 Å². The highest BCUT2D eigenvalue weighted by atomic mass is 35.5. The molecule has 1 aliphatic heterocycles. The molecule has 0 amide bonds. The number of hydrogen-bond acceptors (Lipinski definition) is 6. The molecule has 1 aromatic heterocycles. The minimum Gasteiger partial charge on any atom is -0.507 e. The van der Waals surface area contributed by atoms with Crippen LogP contribution >= 0.6 is 22.9 Å². The predicted octanol–water partition coefficient (Wildman–Crippen LogP) is 5.42. The van der Waals surface area contributed by atoms with Gasteiger partial charge in [-0.1, -0.05) is 91.4 Å². The summed E-state index contributed by atoms with van der Waals surface area (Å²) in [6.45, 7) is 6.16. The van der Waals surface area contributed by atoms with Crippen LogP contribution in [0.5, 0.6) is 5.75 Å². The Balaban J connectivity index is 1.83. The van der Waals surface area contributed by atoms with E-state index in [1.54, 1.807) is 29.7 Å². The Bertz CT molecular complexity index is 1750. The third kappa shape index (κ3) is 5.20. The molecule has 1 N–H and O–H groups in total. The topological polar surface area (TPSA) is 80.9 Å². The number of fused-ring (bicyclic) bond motifs is 1. The van der Waals surface area contributed by atoms with Gasteiger partial charge < -0.3 is 9.84 Å². The van der Waals surface area contributed by atoms with Crippen LogP contribution in [0.15, 0.2) is 88.2 Å². The zero-order chi connectivity index (χ0) is 27.7. The Hall–Kier alpha value is -3.94. The summed E-state index contributed by atoms with van der Waals surface area (Å²) in [5, 5.41) is 10.8. The molecule has 1 aliphatic rings. The van der Waals surface area contributed by atoms with Crippen molar-refractivity contribution in [3.8, 4) is 5.75 Å². The lowest BCUT2D eigenvalue weighted by atomic mass is 9.91. The second-order valence-electron chi connectivity index (χ2n) is 9.46. The van der Waals surface area contributed by atoms with Crippen LogP contribution in [-0.2, 0) is 9.53 Å². The normalized spacial score (nSPS) is 15.3. The summed E-state index contributed by atoms with van der Waals surface area (Å²) in [5.74, 6) is -0.200. The number of benzene rings is 3. The maximum absolute atomic E-state index is 13.9. The average molecular weight is 559 g/mol. The molecule has 0 saturated carbocycles. The summed E-state index contributed by atoms with van der Waals surface area (Å²) in [6, 6.07) is 21.3. The number of rotatable bonds is 6. The minimum atomic E-state index is -0.758. The van der Waals surface area contributed by atoms with Gasteiger partial charge in [0.25, 0.3) is 5.56 Å². The second kappa shape index (κ2) is 11.0. The number of aromatic nitrogens is 1. The summed E-state index contributed by atoms with van der Waals surface area (Å²) < 4.78 is 7.41. The Morgan fingerprint density at radius 3 is 2.51 bits per heavy atom. The lowest BCUT2D eigenvalue weighted by Crippen LogP contribution is -2.40. The van der Waals surface area contributed by atoms with E-state index >= 15 is 0 Å². The number of halogens is 1. The number of esters is 1. The van der Waals surface area contributed by atoms with E-state index in [0.717, 1.165) is 16.7 Å². The van der Waals surface area contributed by atoms with Crippen LogP contribution in [0.4, 0.5) is 0 Å². The number of aromatic hydroxyl groups is 1. The quantitative estimate of drug-likeness (QED) is 0.321. The molecule has 0 radical (unpaired) electrons. The molecule has 1 atom stereocenters. The predicted molar refractivity (Wildman–Crippen MR) is 155 cm³/mol. The molecule has 0 spiro atoms. The number of nitrogens with zero attached hydrogens (tertiary/aromatic N) is 2. The van der Waals surface area contributed by atoms with Gasteiger partial charge in [0.05, 0.1) is 28.5 Å². The van der Waals surface area contributed by atoms with E-state index in [9.17, 15) is 14.7 Å². The second-order valence-corrected chi connectivity index (χ2v) is 10.9. The number of phenols is 1. The molecule has 0 bridgehead atoms. The van der Waals surface area contributed by atoms with Crippen LogP contribution in [0.2, 0.25) is 5.02 Å². The summed E-state index contributed by atoms with van der Waals surface area (Å²) in [5.41, 5.74) is 3.50. The fourth-order valence-corrected chi connectivity index (χ4v) is 5.77. The van der Waals surface area contributed by atoms with Crippen molar-refractivity contribution in [3.05, 3.63) is 125 Å². The zero-order valence-corrected chi connectivity index (χ0v) is 23.3. The number of ether oxygens (including phenoxy) is 1. The molecule has 8 heteroatoms. The molecule has 0 unspecified atom stereocenters. The first kappa shape index (κ1) is 26.7.